The lowest BCUT2D eigenvalue weighted by Gasteiger charge is -2.39. The summed E-state index contributed by atoms with van der Waals surface area (Å²) in [6.07, 6.45) is 3.72. The van der Waals surface area contributed by atoms with Gasteiger partial charge in [0.05, 0.1) is 24.0 Å². The number of hydrogen-bond acceptors (Lipinski definition) is 7. The zero-order chi connectivity index (χ0) is 24.6. The molecule has 1 aromatic carbocycles. The van der Waals surface area contributed by atoms with Gasteiger partial charge in [0.2, 0.25) is 5.78 Å². The molecule has 1 aliphatic carbocycles. The molecule has 5 rings (SSSR count). The zero-order valence-corrected chi connectivity index (χ0v) is 21.3. The van der Waals surface area contributed by atoms with E-state index in [-0.39, 0.29) is 11.7 Å². The number of nitrogens with zero attached hydrogens (tertiary/aromatic N) is 2. The number of benzene rings is 1. The van der Waals surface area contributed by atoms with Gasteiger partial charge in [0.15, 0.2) is 5.01 Å². The van der Waals surface area contributed by atoms with Crippen LogP contribution in [0.15, 0.2) is 24.3 Å². The standard InChI is InChI=1S/C25H30ClN5O3S/c1-34-11-10-31-9-7-18-20(14-31)35-24(29-18)23(33)30-21-4-2-3-8-25(21,27)22(32)19-13-15-12-16(26)5-6-17(15)28-19/h5-6,12-13,21,28H,2-4,7-11,14,27H2,1H3,(H,30,33). The van der Waals surface area contributed by atoms with Gasteiger partial charge in [-0.2, -0.15) is 0 Å². The fourth-order valence-corrected chi connectivity index (χ4v) is 6.36. The Morgan fingerprint density at radius 1 is 1.37 bits per heavy atom. The van der Waals surface area contributed by atoms with Crippen LogP contribution in [0.4, 0.5) is 0 Å². The number of thiazole rings is 1. The highest BCUT2D eigenvalue weighted by atomic mass is 35.5. The normalized spacial score (nSPS) is 22.8. The van der Waals surface area contributed by atoms with Crippen molar-refractivity contribution in [2.75, 3.05) is 26.8 Å². The van der Waals surface area contributed by atoms with Crippen molar-refractivity contribution in [3.05, 3.63) is 50.6 Å². The monoisotopic (exact) mass is 515 g/mol. The molecular formula is C25H30ClN5O3S. The number of nitrogens with two attached hydrogens (primary N) is 1. The summed E-state index contributed by atoms with van der Waals surface area (Å²) >= 11 is 7.53. The smallest absolute Gasteiger partial charge is 0.280 e. The van der Waals surface area contributed by atoms with Crippen molar-refractivity contribution in [3.63, 3.8) is 0 Å². The van der Waals surface area contributed by atoms with Crippen LogP contribution in [0, 0.1) is 0 Å². The molecule has 2 aliphatic rings. The topological polar surface area (TPSA) is 113 Å². The number of rotatable bonds is 7. The molecule has 1 amide bonds. The highest BCUT2D eigenvalue weighted by Gasteiger charge is 2.45. The molecule has 186 valence electrons. The molecule has 3 aromatic rings. The van der Waals surface area contributed by atoms with E-state index < -0.39 is 11.6 Å². The molecule has 1 fully saturated rings. The van der Waals surface area contributed by atoms with Crippen LogP contribution in [-0.4, -0.2) is 64.9 Å². The Bertz CT molecular complexity index is 1260. The molecule has 4 N–H and O–H groups in total. The Morgan fingerprint density at radius 2 is 2.23 bits per heavy atom. The van der Waals surface area contributed by atoms with E-state index in [9.17, 15) is 9.59 Å². The van der Waals surface area contributed by atoms with Crippen molar-refractivity contribution >= 4 is 45.5 Å². The van der Waals surface area contributed by atoms with E-state index in [1.54, 1.807) is 19.2 Å². The van der Waals surface area contributed by atoms with Gasteiger partial charge < -0.3 is 20.8 Å². The third kappa shape index (κ3) is 4.88. The third-order valence-electron chi connectivity index (χ3n) is 7.13. The first-order valence-corrected chi connectivity index (χ1v) is 13.2. The second-order valence-electron chi connectivity index (χ2n) is 9.46. The molecule has 0 saturated heterocycles. The minimum Gasteiger partial charge on any atom is -0.383 e. The van der Waals surface area contributed by atoms with Crippen LogP contribution in [0.25, 0.3) is 10.9 Å². The van der Waals surface area contributed by atoms with Gasteiger partial charge in [0.25, 0.3) is 5.91 Å². The number of ketones is 1. The number of halogens is 1. The fraction of sp³-hybridized carbons (Fsp3) is 0.480. The molecule has 2 unspecified atom stereocenters. The van der Waals surface area contributed by atoms with E-state index in [4.69, 9.17) is 22.1 Å². The molecule has 1 saturated carbocycles. The molecule has 1 aliphatic heterocycles. The highest BCUT2D eigenvalue weighted by Crippen LogP contribution is 2.32. The molecule has 0 radical (unpaired) electrons. The first kappa shape index (κ1) is 24.4. The van der Waals surface area contributed by atoms with Crippen molar-refractivity contribution in [3.8, 4) is 0 Å². The minimum atomic E-state index is -1.19. The number of fused-ring (bicyclic) bond motifs is 2. The summed E-state index contributed by atoms with van der Waals surface area (Å²) in [5.74, 6) is -0.451. The van der Waals surface area contributed by atoms with Crippen molar-refractivity contribution < 1.29 is 14.3 Å². The third-order valence-corrected chi connectivity index (χ3v) is 8.44. The van der Waals surface area contributed by atoms with E-state index in [0.29, 0.717) is 35.2 Å². The maximum Gasteiger partial charge on any atom is 0.280 e. The number of ether oxygens (including phenoxy) is 1. The summed E-state index contributed by atoms with van der Waals surface area (Å²) in [5, 5.41) is 4.96. The summed E-state index contributed by atoms with van der Waals surface area (Å²) in [7, 11) is 1.70. The van der Waals surface area contributed by atoms with Crippen LogP contribution in [-0.2, 0) is 17.7 Å². The molecule has 8 nitrogen and oxygen atoms in total. The van der Waals surface area contributed by atoms with E-state index in [1.165, 1.54) is 11.3 Å². The SMILES string of the molecule is COCCN1CCc2nc(C(=O)NC3CCCCC3(N)C(=O)c3cc4cc(Cl)ccc4[nH]3)sc2C1. The maximum absolute atomic E-state index is 13.6. The average molecular weight is 516 g/mol. The number of amides is 1. The molecule has 35 heavy (non-hydrogen) atoms. The van der Waals surface area contributed by atoms with Crippen LogP contribution >= 0.6 is 22.9 Å². The second-order valence-corrected chi connectivity index (χ2v) is 11.0. The van der Waals surface area contributed by atoms with Crippen LogP contribution in [0.2, 0.25) is 5.02 Å². The van der Waals surface area contributed by atoms with Gasteiger partial charge in [0, 0.05) is 54.0 Å². The second kappa shape index (κ2) is 9.99. The lowest BCUT2D eigenvalue weighted by molar-refractivity contribution is 0.0755. The molecular weight excluding hydrogens is 486 g/mol. The van der Waals surface area contributed by atoms with E-state index in [2.05, 4.69) is 20.2 Å². The van der Waals surface area contributed by atoms with Crippen molar-refractivity contribution in [2.24, 2.45) is 5.73 Å². The Labute approximate surface area is 213 Å². The number of methoxy groups -OCH3 is 1. The van der Waals surface area contributed by atoms with Crippen molar-refractivity contribution in [2.45, 2.75) is 50.2 Å². The lowest BCUT2D eigenvalue weighted by atomic mass is 9.74. The Kier molecular flexibility index (Phi) is 6.96. The summed E-state index contributed by atoms with van der Waals surface area (Å²) in [4.78, 5) is 38.1. The Morgan fingerprint density at radius 3 is 3.06 bits per heavy atom. The van der Waals surface area contributed by atoms with Crippen LogP contribution in [0.3, 0.4) is 0 Å². The molecule has 3 heterocycles. The van der Waals surface area contributed by atoms with Gasteiger partial charge in [-0.1, -0.05) is 24.4 Å². The van der Waals surface area contributed by atoms with Gasteiger partial charge in [-0.3, -0.25) is 14.5 Å². The molecule has 0 spiro atoms. The predicted octanol–water partition coefficient (Wildman–Crippen LogP) is 3.54. The first-order valence-electron chi connectivity index (χ1n) is 12.0. The quantitative estimate of drug-likeness (QED) is 0.415. The number of H-pyrrole nitrogens is 1. The minimum absolute atomic E-state index is 0.193. The number of hydrogen-bond donors (Lipinski definition) is 3. The van der Waals surface area contributed by atoms with Gasteiger partial charge in [-0.05, 0) is 37.1 Å². The number of aromatic amines is 1. The number of carbonyl (C=O) groups excluding carboxylic acids is 2. The van der Waals surface area contributed by atoms with Gasteiger partial charge in [-0.25, -0.2) is 4.98 Å². The van der Waals surface area contributed by atoms with Crippen LogP contribution < -0.4 is 11.1 Å². The van der Waals surface area contributed by atoms with Crippen molar-refractivity contribution in [1.29, 1.82) is 0 Å². The van der Waals surface area contributed by atoms with Gasteiger partial charge in [-0.15, -0.1) is 11.3 Å². The number of Topliss-reactive ketones (excluding diaryl/α,β-unsaturated/α-hetero) is 1. The first-order chi connectivity index (χ1) is 16.9. The predicted molar refractivity (Wildman–Crippen MR) is 137 cm³/mol. The van der Waals surface area contributed by atoms with Gasteiger partial charge >= 0.3 is 0 Å². The number of carbonyl (C=O) groups is 2. The van der Waals surface area contributed by atoms with Gasteiger partial charge in [0.1, 0.15) is 5.54 Å². The maximum atomic E-state index is 13.6. The molecule has 0 bridgehead atoms. The van der Waals surface area contributed by atoms with Crippen molar-refractivity contribution in [1.82, 2.24) is 20.2 Å². The molecule has 2 aromatic heterocycles. The molecule has 2 atom stereocenters. The Hall–Kier alpha value is -2.30. The Balaban J connectivity index is 1.33. The zero-order valence-electron chi connectivity index (χ0n) is 19.7. The number of aromatic nitrogens is 2. The summed E-state index contributed by atoms with van der Waals surface area (Å²) < 4.78 is 5.19. The largest absolute Gasteiger partial charge is 0.383 e. The molecule has 10 heteroatoms. The fourth-order valence-electron chi connectivity index (χ4n) is 5.12. The lowest BCUT2D eigenvalue weighted by Crippen LogP contribution is -2.64. The van der Waals surface area contributed by atoms with Crippen LogP contribution in [0.5, 0.6) is 0 Å². The van der Waals surface area contributed by atoms with E-state index in [1.807, 2.05) is 12.1 Å². The number of nitrogens with one attached hydrogen (secondary N) is 2. The summed E-state index contributed by atoms with van der Waals surface area (Å²) in [6.45, 7) is 3.21. The summed E-state index contributed by atoms with van der Waals surface area (Å²) in [5.41, 5.74) is 7.84. The summed E-state index contributed by atoms with van der Waals surface area (Å²) in [6, 6.07) is 6.76. The van der Waals surface area contributed by atoms with Crippen LogP contribution in [0.1, 0.15) is 56.5 Å². The van der Waals surface area contributed by atoms with E-state index in [0.717, 1.165) is 60.4 Å². The highest BCUT2D eigenvalue weighted by molar-refractivity contribution is 7.13. The van der Waals surface area contributed by atoms with E-state index >= 15 is 0 Å². The average Bonchev–Trinajstić information content (AvgIpc) is 3.47.